The largest absolute Gasteiger partial charge is 0.368 e. The van der Waals surface area contributed by atoms with Gasteiger partial charge in [-0.1, -0.05) is 12.1 Å². The maximum absolute atomic E-state index is 11.4. The highest BCUT2D eigenvalue weighted by molar-refractivity contribution is 9.10. The van der Waals surface area contributed by atoms with Crippen molar-refractivity contribution in [3.63, 3.8) is 0 Å². The first-order valence-corrected chi connectivity index (χ1v) is 5.56. The normalized spacial score (nSPS) is 9.94. The van der Waals surface area contributed by atoms with Crippen molar-refractivity contribution in [1.82, 2.24) is 5.48 Å². The average molecular weight is 302 g/mol. The molecule has 0 bridgehead atoms. The van der Waals surface area contributed by atoms with Gasteiger partial charge in [0.2, 0.25) is 11.8 Å². The van der Waals surface area contributed by atoms with Crippen LogP contribution >= 0.6 is 15.9 Å². The van der Waals surface area contributed by atoms with Crippen molar-refractivity contribution in [1.29, 1.82) is 0 Å². The molecule has 92 valence electrons. The molecule has 0 saturated carbocycles. The summed E-state index contributed by atoms with van der Waals surface area (Å²) < 4.78 is 0.784. The highest BCUT2D eigenvalue weighted by Gasteiger charge is 2.04. The fourth-order valence-electron chi connectivity index (χ4n) is 0.996. The number of anilines is 1. The van der Waals surface area contributed by atoms with Crippen molar-refractivity contribution in [3.05, 3.63) is 28.7 Å². The topological polar surface area (TPSA) is 93.5 Å². The van der Waals surface area contributed by atoms with Crippen molar-refractivity contribution in [2.24, 2.45) is 5.73 Å². The van der Waals surface area contributed by atoms with Gasteiger partial charge in [0.25, 0.3) is 0 Å². The SMILES string of the molecule is NC(=O)CONCC(=O)Nc1ccccc1Br. The number of benzene rings is 1. The van der Waals surface area contributed by atoms with Gasteiger partial charge in [-0.25, -0.2) is 0 Å². The number of amides is 2. The van der Waals surface area contributed by atoms with Crippen LogP contribution in [0.4, 0.5) is 5.69 Å². The molecule has 1 aromatic rings. The van der Waals surface area contributed by atoms with Crippen LogP contribution < -0.4 is 16.5 Å². The van der Waals surface area contributed by atoms with E-state index in [-0.39, 0.29) is 19.1 Å². The van der Waals surface area contributed by atoms with Gasteiger partial charge in [0, 0.05) is 4.47 Å². The maximum Gasteiger partial charge on any atom is 0.245 e. The third-order valence-corrected chi connectivity index (χ3v) is 2.39. The number of hydroxylamine groups is 1. The average Bonchev–Trinajstić information content (AvgIpc) is 2.27. The minimum absolute atomic E-state index is 0.0748. The van der Waals surface area contributed by atoms with E-state index in [0.717, 1.165) is 4.47 Å². The standard InChI is InChI=1S/C10H12BrN3O3/c11-7-3-1-2-4-8(7)14-10(16)5-13-17-6-9(12)15/h1-4,13H,5-6H2,(H2,12,15)(H,14,16). The van der Waals surface area contributed by atoms with Crippen LogP contribution in [0, 0.1) is 0 Å². The second-order valence-corrected chi connectivity index (χ2v) is 3.96. The van der Waals surface area contributed by atoms with Gasteiger partial charge in [0.15, 0.2) is 0 Å². The second-order valence-electron chi connectivity index (χ2n) is 3.10. The van der Waals surface area contributed by atoms with Crippen LogP contribution in [-0.4, -0.2) is 25.0 Å². The molecule has 0 unspecified atom stereocenters. The van der Waals surface area contributed by atoms with Gasteiger partial charge in [-0.05, 0) is 28.1 Å². The van der Waals surface area contributed by atoms with E-state index in [9.17, 15) is 9.59 Å². The number of nitrogens with one attached hydrogen (secondary N) is 2. The number of halogens is 1. The number of rotatable bonds is 6. The van der Waals surface area contributed by atoms with Gasteiger partial charge in [-0.3, -0.25) is 14.4 Å². The highest BCUT2D eigenvalue weighted by atomic mass is 79.9. The van der Waals surface area contributed by atoms with Crippen LogP contribution in [0.15, 0.2) is 28.7 Å². The molecule has 4 N–H and O–H groups in total. The molecule has 0 aliphatic heterocycles. The lowest BCUT2D eigenvalue weighted by Crippen LogP contribution is -2.31. The van der Waals surface area contributed by atoms with Gasteiger partial charge in [-0.2, -0.15) is 5.48 Å². The zero-order valence-electron chi connectivity index (χ0n) is 8.90. The Labute approximate surface area is 107 Å². The van der Waals surface area contributed by atoms with Crippen LogP contribution in [0.3, 0.4) is 0 Å². The summed E-state index contributed by atoms with van der Waals surface area (Å²) in [5, 5.41) is 2.65. The number of hydrogen-bond acceptors (Lipinski definition) is 4. The molecule has 0 saturated heterocycles. The van der Waals surface area contributed by atoms with Crippen LogP contribution in [0.5, 0.6) is 0 Å². The fourth-order valence-corrected chi connectivity index (χ4v) is 1.38. The summed E-state index contributed by atoms with van der Waals surface area (Å²) in [5.41, 5.74) is 7.83. The van der Waals surface area contributed by atoms with E-state index in [1.54, 1.807) is 12.1 Å². The molecule has 0 atom stereocenters. The Kier molecular flexibility index (Phi) is 5.61. The van der Waals surface area contributed by atoms with E-state index >= 15 is 0 Å². The van der Waals surface area contributed by atoms with Gasteiger partial charge in [-0.15, -0.1) is 0 Å². The summed E-state index contributed by atoms with van der Waals surface area (Å²) in [6.07, 6.45) is 0. The Hall–Kier alpha value is -1.44. The summed E-state index contributed by atoms with van der Waals surface area (Å²) in [7, 11) is 0. The van der Waals surface area contributed by atoms with Crippen LogP contribution in [0.2, 0.25) is 0 Å². The highest BCUT2D eigenvalue weighted by Crippen LogP contribution is 2.20. The molecule has 17 heavy (non-hydrogen) atoms. The summed E-state index contributed by atoms with van der Waals surface area (Å²) in [6.45, 7) is -0.350. The van der Waals surface area contributed by atoms with E-state index in [2.05, 4.69) is 31.6 Å². The Morgan fingerprint density at radius 3 is 2.71 bits per heavy atom. The molecule has 0 aliphatic carbocycles. The number of carbonyl (C=O) groups is 2. The predicted octanol–water partition coefficient (Wildman–Crippen LogP) is 0.394. The molecule has 6 nitrogen and oxygen atoms in total. The number of primary amides is 1. The van der Waals surface area contributed by atoms with Crippen molar-refractivity contribution in [2.75, 3.05) is 18.5 Å². The third-order valence-electron chi connectivity index (χ3n) is 1.70. The van der Waals surface area contributed by atoms with Gasteiger partial charge < -0.3 is 11.1 Å². The lowest BCUT2D eigenvalue weighted by molar-refractivity contribution is -0.127. The zero-order chi connectivity index (χ0) is 12.7. The third kappa shape index (κ3) is 5.43. The van der Waals surface area contributed by atoms with E-state index in [0.29, 0.717) is 5.69 Å². The molecule has 0 aromatic heterocycles. The summed E-state index contributed by atoms with van der Waals surface area (Å²) in [4.78, 5) is 26.4. The number of para-hydroxylation sites is 1. The van der Waals surface area contributed by atoms with E-state index in [1.165, 1.54) is 0 Å². The molecular weight excluding hydrogens is 290 g/mol. The Bertz CT molecular complexity index is 412. The van der Waals surface area contributed by atoms with Crippen molar-refractivity contribution in [3.8, 4) is 0 Å². The minimum Gasteiger partial charge on any atom is -0.368 e. The smallest absolute Gasteiger partial charge is 0.245 e. The molecule has 1 rings (SSSR count). The first-order chi connectivity index (χ1) is 8.09. The molecule has 7 heteroatoms. The summed E-state index contributed by atoms with van der Waals surface area (Å²) >= 11 is 3.30. The number of hydrogen-bond donors (Lipinski definition) is 3. The van der Waals surface area contributed by atoms with Gasteiger partial charge >= 0.3 is 0 Å². The number of carbonyl (C=O) groups excluding carboxylic acids is 2. The molecule has 0 fully saturated rings. The zero-order valence-corrected chi connectivity index (χ0v) is 10.5. The van der Waals surface area contributed by atoms with E-state index in [4.69, 9.17) is 5.73 Å². The molecular formula is C10H12BrN3O3. The first-order valence-electron chi connectivity index (χ1n) is 4.77. The molecule has 0 radical (unpaired) electrons. The molecule has 1 aromatic carbocycles. The predicted molar refractivity (Wildman–Crippen MR) is 65.9 cm³/mol. The first kappa shape index (κ1) is 13.6. The monoisotopic (exact) mass is 301 g/mol. The molecule has 0 spiro atoms. The minimum atomic E-state index is -0.608. The Morgan fingerprint density at radius 1 is 1.35 bits per heavy atom. The molecule has 2 amide bonds. The van der Waals surface area contributed by atoms with Crippen LogP contribution in [-0.2, 0) is 14.4 Å². The van der Waals surface area contributed by atoms with Gasteiger partial charge in [0.1, 0.15) is 13.2 Å². The fraction of sp³-hybridized carbons (Fsp3) is 0.200. The van der Waals surface area contributed by atoms with Crippen molar-refractivity contribution in [2.45, 2.75) is 0 Å². The lowest BCUT2D eigenvalue weighted by Gasteiger charge is -2.07. The van der Waals surface area contributed by atoms with Crippen LogP contribution in [0.25, 0.3) is 0 Å². The van der Waals surface area contributed by atoms with E-state index < -0.39 is 5.91 Å². The van der Waals surface area contributed by atoms with Crippen molar-refractivity contribution < 1.29 is 14.4 Å². The lowest BCUT2D eigenvalue weighted by atomic mass is 10.3. The van der Waals surface area contributed by atoms with Gasteiger partial charge in [0.05, 0.1) is 5.69 Å². The van der Waals surface area contributed by atoms with E-state index in [1.807, 2.05) is 12.1 Å². The maximum atomic E-state index is 11.4. The molecule has 0 heterocycles. The summed E-state index contributed by atoms with van der Waals surface area (Å²) in [5.74, 6) is -0.898. The molecule has 0 aliphatic rings. The Balaban J connectivity index is 2.30. The second kappa shape index (κ2) is 7.00. The Morgan fingerprint density at radius 2 is 2.06 bits per heavy atom. The van der Waals surface area contributed by atoms with Crippen LogP contribution in [0.1, 0.15) is 0 Å². The van der Waals surface area contributed by atoms with Crippen molar-refractivity contribution >= 4 is 33.4 Å². The quantitative estimate of drug-likeness (QED) is 0.523. The summed E-state index contributed by atoms with van der Waals surface area (Å²) in [6, 6.07) is 7.21. The number of nitrogens with two attached hydrogens (primary N) is 1.